The quantitative estimate of drug-likeness (QED) is 0.249. The summed E-state index contributed by atoms with van der Waals surface area (Å²) < 4.78 is 50.4. The van der Waals surface area contributed by atoms with Crippen molar-refractivity contribution in [2.45, 2.75) is 70.7 Å². The maximum atomic E-state index is 14.2. The molecule has 262 valence electrons. The molecular formula is C34H44F2N4O8. The van der Waals surface area contributed by atoms with Gasteiger partial charge >= 0.3 is 12.2 Å². The molecule has 5 unspecified atom stereocenters. The van der Waals surface area contributed by atoms with Crippen molar-refractivity contribution in [1.82, 2.24) is 21.1 Å². The number of carbonyl (C=O) groups excluding carboxylic acids is 3. The molecule has 1 saturated carbocycles. The summed E-state index contributed by atoms with van der Waals surface area (Å²) in [6.45, 7) is 6.04. The lowest BCUT2D eigenvalue weighted by Crippen LogP contribution is -2.59. The third kappa shape index (κ3) is 8.78. The molecular weight excluding hydrogens is 630 g/mol. The molecule has 2 bridgehead atoms. The molecule has 2 aromatic rings. The summed E-state index contributed by atoms with van der Waals surface area (Å²) in [6, 6.07) is 10.0. The number of rotatable bonds is 12. The summed E-state index contributed by atoms with van der Waals surface area (Å²) in [5.74, 6) is -2.05. The average Bonchev–Trinajstić information content (AvgIpc) is 3.55. The van der Waals surface area contributed by atoms with Crippen LogP contribution in [-0.2, 0) is 36.7 Å². The first-order chi connectivity index (χ1) is 22.8. The van der Waals surface area contributed by atoms with Gasteiger partial charge in [0.2, 0.25) is 0 Å². The summed E-state index contributed by atoms with van der Waals surface area (Å²) in [5.41, 5.74) is 3.06. The van der Waals surface area contributed by atoms with Crippen LogP contribution < -0.4 is 16.1 Å². The Morgan fingerprint density at radius 2 is 1.67 bits per heavy atom. The van der Waals surface area contributed by atoms with E-state index in [0.29, 0.717) is 13.2 Å². The lowest BCUT2D eigenvalue weighted by atomic mass is 9.86. The molecule has 0 spiro atoms. The van der Waals surface area contributed by atoms with E-state index in [0.717, 1.165) is 30.2 Å². The lowest BCUT2D eigenvalue weighted by Gasteiger charge is -2.34. The largest absolute Gasteiger partial charge is 0.453 e. The van der Waals surface area contributed by atoms with E-state index in [1.54, 1.807) is 20.8 Å². The normalized spacial score (nSPS) is 24.8. The van der Waals surface area contributed by atoms with Crippen LogP contribution in [0, 0.1) is 34.8 Å². The standard InChI is InChI=1S/C34H44F2N4O8/c1-34(2,3)29(38-32(43)45-4)30(42)39-40(15-19-8-6-5-7-9-19)16-27(41)26(12-20-10-22(35)14-23(36)11-20)37-33(44)48-28-21-13-24-25(28)18-47-31(24)46-17-21/h5-11,14,21,24-29,31,41H,12-13,15-18H2,1-4H3,(H,37,44)(H,38,43)(H,39,42)/t21?,24?,25?,26-,27+,28?,29+,31?/m0/s1. The average molecular weight is 675 g/mol. The monoisotopic (exact) mass is 674 g/mol. The second-order valence-corrected chi connectivity index (χ2v) is 13.8. The van der Waals surface area contributed by atoms with E-state index in [4.69, 9.17) is 18.9 Å². The van der Waals surface area contributed by atoms with Crippen molar-refractivity contribution in [2.75, 3.05) is 26.9 Å². The van der Waals surface area contributed by atoms with Crippen molar-refractivity contribution in [3.8, 4) is 0 Å². The Labute approximate surface area is 278 Å². The molecule has 1 aliphatic carbocycles. The van der Waals surface area contributed by atoms with Crippen molar-refractivity contribution in [2.24, 2.45) is 23.2 Å². The number of aliphatic hydroxyl groups excluding tert-OH is 1. The van der Waals surface area contributed by atoms with Gasteiger partial charge in [0.05, 0.1) is 32.5 Å². The molecule has 3 fully saturated rings. The van der Waals surface area contributed by atoms with Crippen LogP contribution in [0.3, 0.4) is 0 Å². The first-order valence-corrected chi connectivity index (χ1v) is 16.1. The van der Waals surface area contributed by atoms with Gasteiger partial charge in [0.25, 0.3) is 5.91 Å². The third-order valence-electron chi connectivity index (χ3n) is 9.15. The second-order valence-electron chi connectivity index (χ2n) is 13.8. The fourth-order valence-electron chi connectivity index (χ4n) is 6.80. The molecule has 2 aromatic carbocycles. The van der Waals surface area contributed by atoms with Crippen molar-refractivity contribution in [3.05, 3.63) is 71.3 Å². The summed E-state index contributed by atoms with van der Waals surface area (Å²) in [7, 11) is 1.19. The fourth-order valence-corrected chi connectivity index (χ4v) is 6.80. The lowest BCUT2D eigenvalue weighted by molar-refractivity contribution is -0.169. The molecule has 4 N–H and O–H groups in total. The van der Waals surface area contributed by atoms with E-state index < -0.39 is 59.4 Å². The highest BCUT2D eigenvalue weighted by Crippen LogP contribution is 2.49. The van der Waals surface area contributed by atoms with Gasteiger partial charge < -0.3 is 34.7 Å². The number of alkyl carbamates (subject to hydrolysis) is 2. The van der Waals surface area contributed by atoms with Gasteiger partial charge in [0.15, 0.2) is 6.29 Å². The molecule has 2 aliphatic heterocycles. The van der Waals surface area contributed by atoms with Gasteiger partial charge in [-0.2, -0.15) is 0 Å². The maximum Gasteiger partial charge on any atom is 0.407 e. The van der Waals surface area contributed by atoms with Gasteiger partial charge in [0, 0.05) is 36.9 Å². The fraction of sp³-hybridized carbons (Fsp3) is 0.559. The number of hydrazine groups is 1. The van der Waals surface area contributed by atoms with E-state index in [1.807, 2.05) is 30.3 Å². The first-order valence-electron chi connectivity index (χ1n) is 16.1. The molecule has 0 radical (unpaired) electrons. The second kappa shape index (κ2) is 15.1. The van der Waals surface area contributed by atoms with E-state index in [2.05, 4.69) is 16.1 Å². The van der Waals surface area contributed by atoms with Gasteiger partial charge in [0.1, 0.15) is 23.8 Å². The van der Waals surface area contributed by atoms with Crippen molar-refractivity contribution in [1.29, 1.82) is 0 Å². The van der Waals surface area contributed by atoms with Gasteiger partial charge in [-0.05, 0) is 41.5 Å². The van der Waals surface area contributed by atoms with Crippen LogP contribution in [0.15, 0.2) is 48.5 Å². The molecule has 48 heavy (non-hydrogen) atoms. The minimum Gasteiger partial charge on any atom is -0.453 e. The summed E-state index contributed by atoms with van der Waals surface area (Å²) in [4.78, 5) is 39.0. The number of nitrogens with one attached hydrogen (secondary N) is 3. The Kier molecular flexibility index (Phi) is 11.2. The summed E-state index contributed by atoms with van der Waals surface area (Å²) in [5, 5.41) is 18.4. The van der Waals surface area contributed by atoms with Crippen LogP contribution in [0.1, 0.15) is 38.3 Å². The molecule has 2 heterocycles. The molecule has 3 aliphatic rings. The van der Waals surface area contributed by atoms with Crippen LogP contribution in [0.4, 0.5) is 18.4 Å². The molecule has 8 atom stereocenters. The minimum absolute atomic E-state index is 0.0116. The van der Waals surface area contributed by atoms with Gasteiger partial charge in [-0.3, -0.25) is 10.2 Å². The Bertz CT molecular complexity index is 1420. The van der Waals surface area contributed by atoms with Crippen LogP contribution in [0.5, 0.6) is 0 Å². The number of benzene rings is 2. The number of hydrogen-bond donors (Lipinski definition) is 4. The molecule has 12 nitrogen and oxygen atoms in total. The van der Waals surface area contributed by atoms with Gasteiger partial charge in [-0.1, -0.05) is 51.1 Å². The highest BCUT2D eigenvalue weighted by molar-refractivity contribution is 5.86. The zero-order valence-electron chi connectivity index (χ0n) is 27.5. The van der Waals surface area contributed by atoms with Gasteiger partial charge in [-0.25, -0.2) is 23.4 Å². The van der Waals surface area contributed by atoms with Crippen LogP contribution in [0.25, 0.3) is 0 Å². The van der Waals surface area contributed by atoms with Gasteiger partial charge in [-0.15, -0.1) is 0 Å². The van der Waals surface area contributed by atoms with E-state index in [-0.39, 0.29) is 49.1 Å². The van der Waals surface area contributed by atoms with E-state index >= 15 is 0 Å². The molecule has 14 heteroatoms. The first kappa shape index (κ1) is 35.5. The predicted molar refractivity (Wildman–Crippen MR) is 168 cm³/mol. The Balaban J connectivity index is 1.35. The van der Waals surface area contributed by atoms with Crippen LogP contribution in [0.2, 0.25) is 0 Å². The molecule has 5 rings (SSSR count). The van der Waals surface area contributed by atoms with E-state index in [9.17, 15) is 28.3 Å². The van der Waals surface area contributed by atoms with Crippen molar-refractivity contribution in [3.63, 3.8) is 0 Å². The van der Waals surface area contributed by atoms with Crippen molar-refractivity contribution < 1.29 is 47.2 Å². The smallest absolute Gasteiger partial charge is 0.407 e. The molecule has 0 aromatic heterocycles. The number of fused-ring (bicyclic) bond motifs is 1. The highest BCUT2D eigenvalue weighted by atomic mass is 19.1. The number of amides is 3. The van der Waals surface area contributed by atoms with E-state index in [1.165, 1.54) is 12.1 Å². The zero-order valence-corrected chi connectivity index (χ0v) is 27.5. The summed E-state index contributed by atoms with van der Waals surface area (Å²) >= 11 is 0. The molecule has 3 amide bonds. The van der Waals surface area contributed by atoms with Crippen LogP contribution >= 0.6 is 0 Å². The minimum atomic E-state index is -1.38. The Morgan fingerprint density at radius 3 is 2.33 bits per heavy atom. The Hall–Kier alpha value is -3.85. The maximum absolute atomic E-state index is 14.2. The topological polar surface area (TPSA) is 148 Å². The Morgan fingerprint density at radius 1 is 0.979 bits per heavy atom. The number of hydrogen-bond acceptors (Lipinski definition) is 9. The number of aliphatic hydroxyl groups is 1. The SMILES string of the molecule is COC(=O)N[C@H](C(=O)NN(Cc1ccccc1)C[C@@H](O)[C@H](Cc1cc(F)cc(F)c1)NC(=O)OC1C2COC3OCC1C3C2)C(C)(C)C. The predicted octanol–water partition coefficient (Wildman–Crippen LogP) is 3.27. The highest BCUT2D eigenvalue weighted by Gasteiger charge is 2.56. The molecule has 2 saturated heterocycles. The number of carbonyl (C=O) groups is 3. The zero-order chi connectivity index (χ0) is 34.6. The van der Waals surface area contributed by atoms with Crippen LogP contribution in [-0.4, -0.2) is 85.7 Å². The number of methoxy groups -OCH3 is 1. The van der Waals surface area contributed by atoms with Crippen molar-refractivity contribution >= 4 is 18.1 Å². The summed E-state index contributed by atoms with van der Waals surface area (Å²) in [6.07, 6.45) is -3.05. The number of halogens is 2. The number of ether oxygens (including phenoxy) is 4. The third-order valence-corrected chi connectivity index (χ3v) is 9.15. The number of nitrogens with zero attached hydrogens (tertiary/aromatic N) is 1.